The van der Waals surface area contributed by atoms with Gasteiger partial charge in [0.15, 0.2) is 11.6 Å². The average molecular weight is 467 g/mol. The molecule has 2 aromatic rings. The molecule has 1 N–H and O–H groups in total. The van der Waals surface area contributed by atoms with Crippen LogP contribution in [0.1, 0.15) is 12.5 Å². The van der Waals surface area contributed by atoms with Crippen LogP contribution >= 0.6 is 0 Å². The summed E-state index contributed by atoms with van der Waals surface area (Å²) >= 11 is 0. The molecule has 1 saturated heterocycles. The van der Waals surface area contributed by atoms with Crippen LogP contribution in [0.15, 0.2) is 42.5 Å². The molecule has 1 aliphatic rings. The van der Waals surface area contributed by atoms with Crippen LogP contribution in [0, 0.1) is 11.6 Å². The Morgan fingerprint density at radius 2 is 1.69 bits per heavy atom. The number of amides is 1. The van der Waals surface area contributed by atoms with Gasteiger partial charge in [0.2, 0.25) is 15.9 Å². The van der Waals surface area contributed by atoms with Gasteiger partial charge < -0.3 is 15.1 Å². The van der Waals surface area contributed by atoms with Crippen molar-refractivity contribution in [2.24, 2.45) is 0 Å². The highest BCUT2D eigenvalue weighted by atomic mass is 32.2. The van der Waals surface area contributed by atoms with Gasteiger partial charge in [0.25, 0.3) is 0 Å². The third-order valence-electron chi connectivity index (χ3n) is 5.52. The molecule has 7 nitrogen and oxygen atoms in total. The summed E-state index contributed by atoms with van der Waals surface area (Å²) in [6, 6.07) is 9.40. The Morgan fingerprint density at radius 1 is 1.06 bits per heavy atom. The number of hydrogen-bond donors (Lipinski definition) is 1. The van der Waals surface area contributed by atoms with Gasteiger partial charge in [-0.25, -0.2) is 17.2 Å². The van der Waals surface area contributed by atoms with Gasteiger partial charge in [0.05, 0.1) is 11.9 Å². The second-order valence-electron chi connectivity index (χ2n) is 8.01. The SMILES string of the molecule is C[C@@H](C(=O)NCc1ccc(N2CCN(C)CC2)cc1)N(c1ccc(F)c(F)c1)S(C)(=O)=O. The molecular formula is C22H28F2N4O3S. The fourth-order valence-electron chi connectivity index (χ4n) is 3.66. The monoisotopic (exact) mass is 466 g/mol. The summed E-state index contributed by atoms with van der Waals surface area (Å²) in [5.41, 5.74) is 1.86. The standard InChI is InChI=1S/C22H28F2N4O3S/c1-16(28(32(3,30)31)19-8-9-20(23)21(24)14-19)22(29)25-15-17-4-6-18(7-5-17)27-12-10-26(2)11-13-27/h4-9,14,16H,10-13,15H2,1-3H3,(H,25,29)/t16-/m0/s1. The quantitative estimate of drug-likeness (QED) is 0.677. The van der Waals surface area contributed by atoms with Gasteiger partial charge in [-0.05, 0) is 43.8 Å². The number of hydrogen-bond acceptors (Lipinski definition) is 5. The molecule has 1 atom stereocenters. The summed E-state index contributed by atoms with van der Waals surface area (Å²) in [5, 5.41) is 2.72. The first kappa shape index (κ1) is 23.9. The predicted molar refractivity (Wildman–Crippen MR) is 121 cm³/mol. The number of halogens is 2. The van der Waals surface area contributed by atoms with E-state index in [9.17, 15) is 22.0 Å². The third-order valence-corrected chi connectivity index (χ3v) is 6.76. The number of sulfonamides is 1. The lowest BCUT2D eigenvalue weighted by Gasteiger charge is -2.34. The zero-order valence-corrected chi connectivity index (χ0v) is 19.2. The van der Waals surface area contributed by atoms with Crippen molar-refractivity contribution in [1.29, 1.82) is 0 Å². The minimum Gasteiger partial charge on any atom is -0.369 e. The van der Waals surface area contributed by atoms with Crippen molar-refractivity contribution < 1.29 is 22.0 Å². The maximum Gasteiger partial charge on any atom is 0.243 e. The first-order chi connectivity index (χ1) is 15.1. The van der Waals surface area contributed by atoms with Gasteiger partial charge >= 0.3 is 0 Å². The molecular weight excluding hydrogens is 438 g/mol. The lowest BCUT2D eigenvalue weighted by molar-refractivity contribution is -0.122. The van der Waals surface area contributed by atoms with Gasteiger partial charge in [-0.15, -0.1) is 0 Å². The van der Waals surface area contributed by atoms with Crippen LogP contribution in [0.2, 0.25) is 0 Å². The Kier molecular flexibility index (Phi) is 7.35. The van der Waals surface area contributed by atoms with Crippen molar-refractivity contribution >= 4 is 27.3 Å². The minimum absolute atomic E-state index is 0.120. The number of rotatable bonds is 7. The van der Waals surface area contributed by atoms with Crippen molar-refractivity contribution in [1.82, 2.24) is 10.2 Å². The number of likely N-dealkylation sites (N-methyl/N-ethyl adjacent to an activating group) is 1. The Balaban J connectivity index is 1.65. The number of piperazine rings is 1. The topological polar surface area (TPSA) is 73.0 Å². The summed E-state index contributed by atoms with van der Waals surface area (Å²) in [4.78, 5) is 17.3. The Bertz CT molecular complexity index is 1060. The lowest BCUT2D eigenvalue weighted by Crippen LogP contribution is -2.47. The molecule has 0 aliphatic carbocycles. The number of nitrogens with zero attached hydrogens (tertiary/aromatic N) is 3. The number of anilines is 2. The van der Waals surface area contributed by atoms with E-state index in [1.165, 1.54) is 6.92 Å². The highest BCUT2D eigenvalue weighted by Crippen LogP contribution is 2.23. The number of carbonyl (C=O) groups is 1. The fourth-order valence-corrected chi connectivity index (χ4v) is 4.82. The molecule has 3 rings (SSSR count). The molecule has 0 radical (unpaired) electrons. The van der Waals surface area contributed by atoms with Crippen LogP contribution in [-0.2, 0) is 21.4 Å². The zero-order valence-electron chi connectivity index (χ0n) is 18.4. The van der Waals surface area contributed by atoms with Crippen molar-refractivity contribution in [3.8, 4) is 0 Å². The van der Waals surface area contributed by atoms with Crippen LogP contribution in [-0.4, -0.2) is 64.7 Å². The molecule has 1 heterocycles. The van der Waals surface area contributed by atoms with Crippen LogP contribution in [0.25, 0.3) is 0 Å². The van der Waals surface area contributed by atoms with E-state index in [0.717, 1.165) is 66.2 Å². The molecule has 1 aliphatic heterocycles. The van der Waals surface area contributed by atoms with Crippen molar-refractivity contribution in [3.05, 3.63) is 59.7 Å². The van der Waals surface area contributed by atoms with E-state index >= 15 is 0 Å². The summed E-state index contributed by atoms with van der Waals surface area (Å²) in [7, 11) is -1.82. The highest BCUT2D eigenvalue weighted by molar-refractivity contribution is 7.92. The van der Waals surface area contributed by atoms with Gasteiger partial charge in [0, 0.05) is 44.5 Å². The summed E-state index contributed by atoms with van der Waals surface area (Å²) in [6.45, 7) is 5.52. The highest BCUT2D eigenvalue weighted by Gasteiger charge is 2.29. The maximum atomic E-state index is 13.6. The van der Waals surface area contributed by atoms with E-state index in [4.69, 9.17) is 0 Å². The molecule has 1 amide bonds. The minimum atomic E-state index is -3.92. The second-order valence-corrected chi connectivity index (χ2v) is 9.87. The van der Waals surface area contributed by atoms with E-state index in [1.807, 2.05) is 24.3 Å². The first-order valence-electron chi connectivity index (χ1n) is 10.3. The van der Waals surface area contributed by atoms with E-state index in [1.54, 1.807) is 0 Å². The van der Waals surface area contributed by atoms with Gasteiger partial charge in [-0.1, -0.05) is 12.1 Å². The molecule has 2 aromatic carbocycles. The van der Waals surface area contributed by atoms with E-state index in [2.05, 4.69) is 22.2 Å². The summed E-state index contributed by atoms with van der Waals surface area (Å²) in [6.07, 6.45) is 0.912. The Morgan fingerprint density at radius 3 is 2.25 bits per heavy atom. The maximum absolute atomic E-state index is 13.6. The smallest absolute Gasteiger partial charge is 0.243 e. The fraction of sp³-hybridized carbons (Fsp3) is 0.409. The largest absolute Gasteiger partial charge is 0.369 e. The third kappa shape index (κ3) is 5.74. The van der Waals surface area contributed by atoms with E-state index < -0.39 is 33.6 Å². The summed E-state index contributed by atoms with van der Waals surface area (Å²) < 4.78 is 52.2. The van der Waals surface area contributed by atoms with Crippen LogP contribution < -0.4 is 14.5 Å². The van der Waals surface area contributed by atoms with E-state index in [-0.39, 0.29) is 12.2 Å². The molecule has 174 valence electrons. The first-order valence-corrected chi connectivity index (χ1v) is 12.2. The van der Waals surface area contributed by atoms with Crippen LogP contribution in [0.3, 0.4) is 0 Å². The molecule has 0 unspecified atom stereocenters. The molecule has 0 bridgehead atoms. The van der Waals surface area contributed by atoms with Crippen molar-refractivity contribution in [2.45, 2.75) is 19.5 Å². The number of carbonyl (C=O) groups excluding carboxylic acids is 1. The van der Waals surface area contributed by atoms with Crippen molar-refractivity contribution in [2.75, 3.05) is 48.7 Å². The molecule has 32 heavy (non-hydrogen) atoms. The van der Waals surface area contributed by atoms with Gasteiger partial charge in [-0.2, -0.15) is 0 Å². The zero-order chi connectivity index (χ0) is 23.5. The van der Waals surface area contributed by atoms with Gasteiger partial charge in [0.1, 0.15) is 6.04 Å². The molecule has 0 aromatic heterocycles. The Hall–Kier alpha value is -2.72. The predicted octanol–water partition coefficient (Wildman–Crippen LogP) is 2.19. The molecule has 1 fully saturated rings. The second kappa shape index (κ2) is 9.83. The molecule has 0 saturated carbocycles. The molecule has 0 spiro atoms. The van der Waals surface area contributed by atoms with Crippen molar-refractivity contribution in [3.63, 3.8) is 0 Å². The number of nitrogens with one attached hydrogen (secondary N) is 1. The average Bonchev–Trinajstić information content (AvgIpc) is 2.74. The van der Waals surface area contributed by atoms with Gasteiger partial charge in [-0.3, -0.25) is 9.10 Å². The summed E-state index contributed by atoms with van der Waals surface area (Å²) in [5.74, 6) is -2.84. The lowest BCUT2D eigenvalue weighted by atomic mass is 10.1. The van der Waals surface area contributed by atoms with Crippen LogP contribution in [0.4, 0.5) is 20.2 Å². The Labute approximate surface area is 187 Å². The van der Waals surface area contributed by atoms with Crippen LogP contribution in [0.5, 0.6) is 0 Å². The number of benzene rings is 2. The molecule has 10 heteroatoms. The van der Waals surface area contributed by atoms with E-state index in [0.29, 0.717) is 0 Å². The normalized spacial score (nSPS) is 16.0.